The van der Waals surface area contributed by atoms with Crippen molar-refractivity contribution < 1.29 is 19.9 Å². The summed E-state index contributed by atoms with van der Waals surface area (Å²) >= 11 is 0. The zero-order valence-electron chi connectivity index (χ0n) is 5.43. The highest BCUT2D eigenvalue weighted by atomic mass is 17.2. The van der Waals surface area contributed by atoms with Gasteiger partial charge in [0.05, 0.1) is 5.39 Å². The second-order valence-electron chi connectivity index (χ2n) is 1.09. The Bertz CT molecular complexity index is 46.5. The van der Waals surface area contributed by atoms with Gasteiger partial charge >= 0.3 is 0 Å². The molecular weight excluding hydrogens is 110 g/mol. The molecule has 50 valence electrons. The Morgan fingerprint density at radius 2 is 1.75 bits per heavy atom. The number of nitrogens with one attached hydrogen (secondary N) is 1. The van der Waals surface area contributed by atoms with Gasteiger partial charge < -0.3 is 0 Å². The van der Waals surface area contributed by atoms with Gasteiger partial charge in [0.25, 0.3) is 0 Å². The summed E-state index contributed by atoms with van der Waals surface area (Å²) in [5, 5.41) is 0.215. The summed E-state index contributed by atoms with van der Waals surface area (Å²) in [6.45, 7) is 2.43. The maximum absolute atomic E-state index is 4.81. The second kappa shape index (κ2) is 4.99. The Labute approximate surface area is 48.8 Å². The lowest BCUT2D eigenvalue weighted by atomic mass is 10.9. The molecule has 0 saturated carbocycles. The molecule has 0 spiro atoms. The van der Waals surface area contributed by atoms with E-state index in [0.29, 0.717) is 6.61 Å². The van der Waals surface area contributed by atoms with E-state index in [4.69, 9.17) is 4.84 Å². The summed E-state index contributed by atoms with van der Waals surface area (Å²) in [5.74, 6) is 0. The Morgan fingerprint density at radius 1 is 1.25 bits per heavy atom. The normalized spacial score (nSPS) is 10.5. The van der Waals surface area contributed by atoms with E-state index >= 15 is 0 Å². The molecule has 4 heteroatoms. The fraction of sp³-hybridized carbons (Fsp3) is 1.00. The third-order valence-corrected chi connectivity index (χ3v) is 0.596. The van der Waals surface area contributed by atoms with Gasteiger partial charge in [-0.3, -0.25) is 0 Å². The van der Waals surface area contributed by atoms with E-state index in [1.54, 1.807) is 0 Å². The quantitative estimate of drug-likeness (QED) is 0.483. The van der Waals surface area contributed by atoms with Crippen LogP contribution in [0.5, 0.6) is 0 Å². The van der Waals surface area contributed by atoms with Crippen LogP contribution in [-0.4, -0.2) is 20.8 Å². The predicted octanol–water partition coefficient (Wildman–Crippen LogP) is -1.05. The lowest BCUT2D eigenvalue weighted by Crippen LogP contribution is -3.08. The van der Waals surface area contributed by atoms with Crippen molar-refractivity contribution in [2.45, 2.75) is 6.92 Å². The summed E-state index contributed by atoms with van der Waals surface area (Å²) in [6.07, 6.45) is 0. The van der Waals surface area contributed by atoms with Crippen LogP contribution in [0.2, 0.25) is 0 Å². The third kappa shape index (κ3) is 2.92. The lowest BCUT2D eigenvalue weighted by molar-refractivity contribution is -1.36. The van der Waals surface area contributed by atoms with Crippen molar-refractivity contribution in [3.8, 4) is 0 Å². The van der Waals surface area contributed by atoms with Crippen molar-refractivity contribution in [1.29, 1.82) is 0 Å². The van der Waals surface area contributed by atoms with Crippen molar-refractivity contribution in [3.63, 3.8) is 0 Å². The van der Waals surface area contributed by atoms with Crippen molar-refractivity contribution in [1.82, 2.24) is 0 Å². The molecule has 0 fully saturated rings. The van der Waals surface area contributed by atoms with Gasteiger partial charge in [0, 0.05) is 0 Å². The van der Waals surface area contributed by atoms with Crippen molar-refractivity contribution in [2.75, 3.05) is 20.8 Å². The first-order valence-electron chi connectivity index (χ1n) is 2.42. The summed E-state index contributed by atoms with van der Waals surface area (Å²) in [4.78, 5) is 14.0. The molecule has 0 aromatic rings. The van der Waals surface area contributed by atoms with E-state index in [9.17, 15) is 0 Å². The summed E-state index contributed by atoms with van der Waals surface area (Å²) in [5.41, 5.74) is 0. The van der Waals surface area contributed by atoms with Crippen LogP contribution in [0.1, 0.15) is 6.92 Å². The molecule has 0 amide bonds. The molecule has 0 unspecified atom stereocenters. The molecule has 0 rings (SSSR count). The Morgan fingerprint density at radius 3 is 1.88 bits per heavy atom. The van der Waals surface area contributed by atoms with E-state index in [1.165, 1.54) is 14.2 Å². The largest absolute Gasteiger partial charge is 0.137 e. The highest BCUT2D eigenvalue weighted by Gasteiger charge is 2.01. The molecule has 0 aromatic carbocycles. The first kappa shape index (κ1) is 7.84. The number of hydrogen-bond donors (Lipinski definition) is 1. The maximum Gasteiger partial charge on any atom is 0.112 e. The molecule has 0 atom stereocenters. The van der Waals surface area contributed by atoms with Crippen LogP contribution in [0.15, 0.2) is 0 Å². The van der Waals surface area contributed by atoms with Crippen LogP contribution in [0, 0.1) is 0 Å². The van der Waals surface area contributed by atoms with Crippen LogP contribution in [0.25, 0.3) is 0 Å². The van der Waals surface area contributed by atoms with E-state index < -0.39 is 0 Å². The molecular formula is C4H12NO3+. The fourth-order valence-electron chi connectivity index (χ4n) is 0.319. The van der Waals surface area contributed by atoms with Gasteiger partial charge in [0.2, 0.25) is 0 Å². The molecule has 0 radical (unpaired) electrons. The fourth-order valence-corrected chi connectivity index (χ4v) is 0.319. The van der Waals surface area contributed by atoms with E-state index in [0.717, 1.165) is 0 Å². The average Bonchev–Trinajstić information content (AvgIpc) is 1.83. The number of hydrogen-bond acceptors (Lipinski definition) is 3. The molecule has 0 aliphatic carbocycles. The van der Waals surface area contributed by atoms with Crippen LogP contribution in [-0.2, 0) is 14.5 Å². The molecule has 0 aliphatic rings. The first-order chi connectivity index (χ1) is 3.85. The zero-order chi connectivity index (χ0) is 6.41. The summed E-state index contributed by atoms with van der Waals surface area (Å²) in [6, 6.07) is 0. The molecule has 0 aromatic heterocycles. The van der Waals surface area contributed by atoms with E-state index in [-0.39, 0.29) is 5.39 Å². The summed E-state index contributed by atoms with van der Waals surface area (Å²) < 4.78 is 0. The molecule has 8 heavy (non-hydrogen) atoms. The minimum Gasteiger partial charge on any atom is -0.137 e. The Kier molecular flexibility index (Phi) is 4.89. The smallest absolute Gasteiger partial charge is 0.112 e. The van der Waals surface area contributed by atoms with Crippen LogP contribution < -0.4 is 5.39 Å². The monoisotopic (exact) mass is 122 g/mol. The Hall–Kier alpha value is -0.160. The molecule has 0 saturated heterocycles. The van der Waals surface area contributed by atoms with Gasteiger partial charge in [0.15, 0.2) is 0 Å². The van der Waals surface area contributed by atoms with Crippen LogP contribution in [0.4, 0.5) is 0 Å². The molecule has 0 aliphatic heterocycles. The maximum atomic E-state index is 4.81. The van der Waals surface area contributed by atoms with Gasteiger partial charge in [0.1, 0.15) is 20.8 Å². The standard InChI is InChI=1S/C4H12NO3/c1-4-8-5(6-2)7-3/h5H,4H2,1-3H3/q+1. The molecule has 4 nitrogen and oxygen atoms in total. The Balaban J connectivity index is 3.07. The van der Waals surface area contributed by atoms with E-state index in [1.807, 2.05) is 6.92 Å². The topological polar surface area (TPSA) is 32.1 Å². The molecule has 0 bridgehead atoms. The number of rotatable bonds is 4. The minimum absolute atomic E-state index is 0.215. The van der Waals surface area contributed by atoms with Gasteiger partial charge in [-0.1, -0.05) is 0 Å². The van der Waals surface area contributed by atoms with Crippen LogP contribution >= 0.6 is 0 Å². The first-order valence-corrected chi connectivity index (χ1v) is 2.42. The molecule has 0 heterocycles. The lowest BCUT2D eigenvalue weighted by Gasteiger charge is -2.05. The van der Waals surface area contributed by atoms with Gasteiger partial charge in [-0.25, -0.2) is 0 Å². The van der Waals surface area contributed by atoms with Crippen molar-refractivity contribution >= 4 is 0 Å². The van der Waals surface area contributed by atoms with Crippen molar-refractivity contribution in [3.05, 3.63) is 0 Å². The van der Waals surface area contributed by atoms with Gasteiger partial charge in [-0.2, -0.15) is 0 Å². The third-order valence-electron chi connectivity index (χ3n) is 0.596. The second-order valence-corrected chi connectivity index (χ2v) is 1.09. The molecule has 1 N–H and O–H groups in total. The van der Waals surface area contributed by atoms with Gasteiger partial charge in [-0.05, 0) is 6.92 Å². The highest BCUT2D eigenvalue weighted by molar-refractivity contribution is 3.89. The minimum atomic E-state index is 0.215. The highest BCUT2D eigenvalue weighted by Crippen LogP contribution is 1.55. The predicted molar refractivity (Wildman–Crippen MR) is 26.6 cm³/mol. The van der Waals surface area contributed by atoms with E-state index in [2.05, 4.69) is 9.68 Å². The van der Waals surface area contributed by atoms with Gasteiger partial charge in [-0.15, -0.1) is 14.5 Å². The summed E-state index contributed by atoms with van der Waals surface area (Å²) in [7, 11) is 2.99. The number of quaternary nitrogens is 1. The van der Waals surface area contributed by atoms with Crippen LogP contribution in [0.3, 0.4) is 0 Å². The average molecular weight is 122 g/mol. The SMILES string of the molecule is CCO[NH+](OC)OC. The van der Waals surface area contributed by atoms with Crippen molar-refractivity contribution in [2.24, 2.45) is 0 Å². The zero-order valence-corrected chi connectivity index (χ0v) is 5.43.